The van der Waals surface area contributed by atoms with Gasteiger partial charge in [0.15, 0.2) is 0 Å². The molecule has 0 aromatic heterocycles. The van der Waals surface area contributed by atoms with Crippen molar-refractivity contribution in [3.63, 3.8) is 0 Å². The Morgan fingerprint density at radius 3 is 2.73 bits per heavy atom. The number of ether oxygens (including phenoxy) is 1. The topological polar surface area (TPSA) is 50.7 Å². The maximum Gasteiger partial charge on any atom is 0.407 e. The fourth-order valence-electron chi connectivity index (χ4n) is 0.901. The number of hydrogen-bond acceptors (Lipinski definition) is 3. The van der Waals surface area contributed by atoms with Gasteiger partial charge in [-0.1, -0.05) is 12.7 Å². The molecule has 0 atom stereocenters. The Morgan fingerprint density at radius 1 is 1.60 bits per heavy atom. The number of carbonyl (C=O) groups excluding carboxylic acids is 1. The van der Waals surface area contributed by atoms with Crippen LogP contribution in [-0.2, 0) is 4.74 Å². The third kappa shape index (κ3) is 7.49. The molecule has 84 valence electrons. The SMILES string of the molecule is C=C/C(=C\N=C)CCNC(=O)OC(C)C. The van der Waals surface area contributed by atoms with Crippen LogP contribution in [0.3, 0.4) is 0 Å². The van der Waals surface area contributed by atoms with Crippen LogP contribution >= 0.6 is 0 Å². The van der Waals surface area contributed by atoms with E-state index in [0.717, 1.165) is 5.57 Å². The lowest BCUT2D eigenvalue weighted by atomic mass is 10.2. The highest BCUT2D eigenvalue weighted by molar-refractivity contribution is 5.67. The second kappa shape index (κ2) is 7.79. The zero-order chi connectivity index (χ0) is 11.7. The summed E-state index contributed by atoms with van der Waals surface area (Å²) in [7, 11) is 0. The lowest BCUT2D eigenvalue weighted by Gasteiger charge is -2.09. The number of carbonyl (C=O) groups is 1. The van der Waals surface area contributed by atoms with Gasteiger partial charge in [0.1, 0.15) is 0 Å². The van der Waals surface area contributed by atoms with E-state index >= 15 is 0 Å². The van der Waals surface area contributed by atoms with Gasteiger partial charge in [0.2, 0.25) is 0 Å². The van der Waals surface area contributed by atoms with Crippen LogP contribution in [0.25, 0.3) is 0 Å². The van der Waals surface area contributed by atoms with Crippen LogP contribution in [-0.4, -0.2) is 25.5 Å². The number of nitrogens with zero attached hydrogens (tertiary/aromatic N) is 1. The molecule has 0 rings (SSSR count). The van der Waals surface area contributed by atoms with E-state index in [1.165, 1.54) is 0 Å². The molecule has 4 heteroatoms. The first-order valence-electron chi connectivity index (χ1n) is 4.82. The number of alkyl carbamates (subject to hydrolysis) is 1. The molecule has 0 unspecified atom stereocenters. The molecule has 0 bridgehead atoms. The molecule has 0 aromatic rings. The zero-order valence-corrected chi connectivity index (χ0v) is 9.32. The largest absolute Gasteiger partial charge is 0.447 e. The fourth-order valence-corrected chi connectivity index (χ4v) is 0.901. The highest BCUT2D eigenvalue weighted by Crippen LogP contribution is 2.01. The van der Waals surface area contributed by atoms with Gasteiger partial charge >= 0.3 is 6.09 Å². The van der Waals surface area contributed by atoms with E-state index in [0.29, 0.717) is 13.0 Å². The Bertz CT molecular complexity index is 257. The summed E-state index contributed by atoms with van der Waals surface area (Å²) < 4.78 is 4.89. The Hall–Kier alpha value is -1.58. The minimum Gasteiger partial charge on any atom is -0.447 e. The van der Waals surface area contributed by atoms with Crippen LogP contribution in [0.4, 0.5) is 4.79 Å². The van der Waals surface area contributed by atoms with Crippen molar-refractivity contribution in [3.8, 4) is 0 Å². The van der Waals surface area contributed by atoms with Crippen LogP contribution in [0.15, 0.2) is 29.4 Å². The quantitative estimate of drug-likeness (QED) is 0.540. The highest BCUT2D eigenvalue weighted by Gasteiger charge is 2.03. The zero-order valence-electron chi connectivity index (χ0n) is 9.32. The number of amides is 1. The molecule has 0 aromatic carbocycles. The molecular weight excluding hydrogens is 192 g/mol. The van der Waals surface area contributed by atoms with Crippen molar-refractivity contribution in [3.05, 3.63) is 24.4 Å². The molecule has 15 heavy (non-hydrogen) atoms. The molecule has 0 fully saturated rings. The average Bonchev–Trinajstić information content (AvgIpc) is 2.15. The third-order valence-corrected chi connectivity index (χ3v) is 1.55. The molecule has 1 N–H and O–H groups in total. The minimum absolute atomic E-state index is 0.103. The molecule has 1 amide bonds. The normalized spacial score (nSPS) is 11.0. The van der Waals surface area contributed by atoms with Gasteiger partial charge in [0.05, 0.1) is 6.10 Å². The molecule has 0 aliphatic heterocycles. The smallest absolute Gasteiger partial charge is 0.407 e. The molecular formula is C11H18N2O2. The molecule has 0 radical (unpaired) electrons. The van der Waals surface area contributed by atoms with E-state index in [4.69, 9.17) is 4.74 Å². The number of allylic oxidation sites excluding steroid dienone is 1. The molecule has 0 saturated heterocycles. The summed E-state index contributed by atoms with van der Waals surface area (Å²) in [4.78, 5) is 14.7. The van der Waals surface area contributed by atoms with Crippen molar-refractivity contribution in [2.45, 2.75) is 26.4 Å². The van der Waals surface area contributed by atoms with Crippen LogP contribution < -0.4 is 5.32 Å². The predicted octanol–water partition coefficient (Wildman–Crippen LogP) is 2.28. The van der Waals surface area contributed by atoms with Crippen molar-refractivity contribution in [2.75, 3.05) is 6.54 Å². The molecule has 0 heterocycles. The lowest BCUT2D eigenvalue weighted by Crippen LogP contribution is -2.27. The third-order valence-electron chi connectivity index (χ3n) is 1.55. The summed E-state index contributed by atoms with van der Waals surface area (Å²) in [5.41, 5.74) is 0.926. The van der Waals surface area contributed by atoms with Gasteiger partial charge in [0, 0.05) is 12.7 Å². The Kier molecular flexibility index (Phi) is 6.97. The molecule has 0 saturated carbocycles. The molecule has 4 nitrogen and oxygen atoms in total. The Balaban J connectivity index is 3.78. The van der Waals surface area contributed by atoms with Crippen LogP contribution in [0.2, 0.25) is 0 Å². The fraction of sp³-hybridized carbons (Fsp3) is 0.455. The van der Waals surface area contributed by atoms with Gasteiger partial charge in [-0.25, -0.2) is 4.79 Å². The summed E-state index contributed by atoms with van der Waals surface area (Å²) >= 11 is 0. The van der Waals surface area contributed by atoms with Gasteiger partial charge in [0.25, 0.3) is 0 Å². The highest BCUT2D eigenvalue weighted by atomic mass is 16.6. The summed E-state index contributed by atoms with van der Waals surface area (Å²) in [6.07, 6.45) is 3.46. The molecule has 0 aliphatic rings. The van der Waals surface area contributed by atoms with Gasteiger partial charge in [-0.15, -0.1) is 0 Å². The van der Waals surface area contributed by atoms with E-state index in [2.05, 4.69) is 23.6 Å². The summed E-state index contributed by atoms with van der Waals surface area (Å²) in [6.45, 7) is 11.1. The van der Waals surface area contributed by atoms with Crippen LogP contribution in [0.1, 0.15) is 20.3 Å². The minimum atomic E-state index is -0.403. The van der Waals surface area contributed by atoms with E-state index in [9.17, 15) is 4.79 Å². The van der Waals surface area contributed by atoms with Crippen LogP contribution in [0.5, 0.6) is 0 Å². The molecule has 0 spiro atoms. The van der Waals surface area contributed by atoms with Gasteiger partial charge in [-0.3, -0.25) is 4.99 Å². The van der Waals surface area contributed by atoms with Crippen LogP contribution in [0, 0.1) is 0 Å². The monoisotopic (exact) mass is 210 g/mol. The molecule has 0 aliphatic carbocycles. The van der Waals surface area contributed by atoms with E-state index in [-0.39, 0.29) is 6.10 Å². The number of hydrogen-bond donors (Lipinski definition) is 1. The number of nitrogens with one attached hydrogen (secondary N) is 1. The number of aliphatic imine (C=N–C) groups is 1. The number of rotatable bonds is 6. The van der Waals surface area contributed by atoms with E-state index in [1.807, 2.05) is 0 Å². The summed E-state index contributed by atoms with van der Waals surface area (Å²) in [5.74, 6) is 0. The average molecular weight is 210 g/mol. The first-order valence-corrected chi connectivity index (χ1v) is 4.82. The second-order valence-electron chi connectivity index (χ2n) is 3.22. The Morgan fingerprint density at radius 2 is 2.27 bits per heavy atom. The van der Waals surface area contributed by atoms with Crippen molar-refractivity contribution in [2.24, 2.45) is 4.99 Å². The Labute approximate surface area is 90.7 Å². The van der Waals surface area contributed by atoms with Gasteiger partial charge in [-0.2, -0.15) is 0 Å². The maximum atomic E-state index is 11.1. The van der Waals surface area contributed by atoms with Gasteiger partial charge < -0.3 is 10.1 Å². The van der Waals surface area contributed by atoms with E-state index < -0.39 is 6.09 Å². The standard InChI is InChI=1S/C11H18N2O2/c1-5-10(8-12-4)6-7-13-11(14)15-9(2)3/h5,8-9H,1,4,6-7H2,2-3H3,(H,13,14)/b10-8+. The lowest BCUT2D eigenvalue weighted by molar-refractivity contribution is 0.116. The maximum absolute atomic E-state index is 11.1. The summed E-state index contributed by atoms with van der Waals surface area (Å²) in [6, 6.07) is 0. The van der Waals surface area contributed by atoms with E-state index in [1.54, 1.807) is 26.1 Å². The van der Waals surface area contributed by atoms with Crippen molar-refractivity contribution >= 4 is 12.8 Å². The van der Waals surface area contributed by atoms with Crippen molar-refractivity contribution < 1.29 is 9.53 Å². The first-order chi connectivity index (χ1) is 7.10. The second-order valence-corrected chi connectivity index (χ2v) is 3.22. The van der Waals surface area contributed by atoms with Gasteiger partial charge in [-0.05, 0) is 32.6 Å². The summed E-state index contributed by atoms with van der Waals surface area (Å²) in [5, 5.41) is 2.63. The van der Waals surface area contributed by atoms with Crippen molar-refractivity contribution in [1.29, 1.82) is 0 Å². The van der Waals surface area contributed by atoms with Crippen molar-refractivity contribution in [1.82, 2.24) is 5.32 Å². The predicted molar refractivity (Wildman–Crippen MR) is 62.1 cm³/mol. The first kappa shape index (κ1) is 13.4.